The lowest BCUT2D eigenvalue weighted by molar-refractivity contribution is -0.113. The minimum Gasteiger partial charge on any atom is -0.497 e. The maximum absolute atomic E-state index is 13.0. The van der Waals surface area contributed by atoms with Crippen molar-refractivity contribution in [3.63, 3.8) is 0 Å². The van der Waals surface area contributed by atoms with Crippen LogP contribution in [0.3, 0.4) is 0 Å². The number of carbonyl (C=O) groups is 1. The predicted molar refractivity (Wildman–Crippen MR) is 133 cm³/mol. The average molecular weight is 479 g/mol. The third-order valence-electron chi connectivity index (χ3n) is 5.53. The van der Waals surface area contributed by atoms with Gasteiger partial charge in [0.25, 0.3) is 5.56 Å². The molecule has 0 unspecified atom stereocenters. The summed E-state index contributed by atoms with van der Waals surface area (Å²) < 4.78 is 10.4. The Bertz CT molecular complexity index is 1360. The Hall–Kier alpha value is -3.79. The van der Waals surface area contributed by atoms with Crippen LogP contribution in [0.5, 0.6) is 5.75 Å². The maximum Gasteiger partial charge on any atom is 0.295 e. The van der Waals surface area contributed by atoms with E-state index < -0.39 is 0 Å². The normalized spacial score (nSPS) is 10.9. The van der Waals surface area contributed by atoms with Gasteiger partial charge in [0, 0.05) is 19.2 Å². The van der Waals surface area contributed by atoms with E-state index in [1.54, 1.807) is 25.8 Å². The van der Waals surface area contributed by atoms with Crippen molar-refractivity contribution in [3.05, 3.63) is 70.6 Å². The lowest BCUT2D eigenvalue weighted by Gasteiger charge is -2.08. The molecule has 4 rings (SSSR count). The van der Waals surface area contributed by atoms with Crippen molar-refractivity contribution in [2.45, 2.75) is 25.5 Å². The highest BCUT2D eigenvalue weighted by Gasteiger charge is 2.19. The van der Waals surface area contributed by atoms with Gasteiger partial charge in [-0.1, -0.05) is 30.0 Å². The SMILES string of the molecule is CCn1c(SCC(=O)Nc2c(C)n(C)n(-c3ccccc3)c2=O)nnc1-c1ccc(OC)cc1. The number of methoxy groups -OCH3 is 1. The smallest absolute Gasteiger partial charge is 0.295 e. The summed E-state index contributed by atoms with van der Waals surface area (Å²) in [7, 11) is 3.41. The number of hydrogen-bond donors (Lipinski definition) is 1. The second kappa shape index (κ2) is 10.0. The molecule has 176 valence electrons. The zero-order valence-corrected chi connectivity index (χ0v) is 20.3. The summed E-state index contributed by atoms with van der Waals surface area (Å²) in [6.07, 6.45) is 0. The molecule has 0 spiro atoms. The van der Waals surface area contributed by atoms with Gasteiger partial charge < -0.3 is 14.6 Å². The first-order valence-electron chi connectivity index (χ1n) is 10.8. The van der Waals surface area contributed by atoms with E-state index in [2.05, 4.69) is 15.5 Å². The van der Waals surface area contributed by atoms with Crippen LogP contribution in [-0.4, -0.2) is 42.9 Å². The molecule has 10 heteroatoms. The Labute approximate surface area is 201 Å². The Morgan fingerprint density at radius 2 is 1.79 bits per heavy atom. The highest BCUT2D eigenvalue weighted by atomic mass is 32.2. The van der Waals surface area contributed by atoms with Crippen molar-refractivity contribution in [3.8, 4) is 22.8 Å². The molecular formula is C24H26N6O3S. The van der Waals surface area contributed by atoms with E-state index >= 15 is 0 Å². The van der Waals surface area contributed by atoms with Gasteiger partial charge in [0.2, 0.25) is 5.91 Å². The first kappa shape index (κ1) is 23.4. The monoisotopic (exact) mass is 478 g/mol. The Kier molecular flexibility index (Phi) is 6.87. The molecule has 0 atom stereocenters. The lowest BCUT2D eigenvalue weighted by Crippen LogP contribution is -2.23. The molecule has 0 aliphatic heterocycles. The molecule has 1 N–H and O–H groups in total. The summed E-state index contributed by atoms with van der Waals surface area (Å²) in [4.78, 5) is 25.7. The molecule has 0 fully saturated rings. The zero-order valence-electron chi connectivity index (χ0n) is 19.5. The summed E-state index contributed by atoms with van der Waals surface area (Å²) >= 11 is 1.28. The minimum atomic E-state index is -0.285. The van der Waals surface area contributed by atoms with E-state index in [0.717, 1.165) is 22.8 Å². The zero-order chi connectivity index (χ0) is 24.2. The number of nitrogens with zero attached hydrogens (tertiary/aromatic N) is 5. The largest absolute Gasteiger partial charge is 0.497 e. The van der Waals surface area contributed by atoms with E-state index in [-0.39, 0.29) is 22.9 Å². The molecular weight excluding hydrogens is 452 g/mol. The van der Waals surface area contributed by atoms with Crippen molar-refractivity contribution in [2.75, 3.05) is 18.2 Å². The van der Waals surface area contributed by atoms with Gasteiger partial charge in [0.15, 0.2) is 11.0 Å². The van der Waals surface area contributed by atoms with Gasteiger partial charge in [0.05, 0.1) is 24.2 Å². The third-order valence-corrected chi connectivity index (χ3v) is 6.50. The van der Waals surface area contributed by atoms with Crippen LogP contribution in [0.4, 0.5) is 5.69 Å². The van der Waals surface area contributed by atoms with Crippen molar-refractivity contribution in [1.82, 2.24) is 24.1 Å². The topological polar surface area (TPSA) is 96.0 Å². The number of hydrogen-bond acceptors (Lipinski definition) is 6. The standard InChI is InChI=1S/C24H26N6O3S/c1-5-29-22(17-11-13-19(33-4)14-12-17)26-27-24(29)34-15-20(31)25-21-16(2)28(3)30(23(21)32)18-9-7-6-8-10-18/h6-14H,5,15H2,1-4H3,(H,25,31). The number of rotatable bonds is 8. The number of nitrogens with one attached hydrogen (secondary N) is 1. The molecule has 0 aliphatic rings. The van der Waals surface area contributed by atoms with Gasteiger partial charge >= 0.3 is 0 Å². The highest BCUT2D eigenvalue weighted by Crippen LogP contribution is 2.26. The van der Waals surface area contributed by atoms with Crippen molar-refractivity contribution in [2.24, 2.45) is 7.05 Å². The van der Waals surface area contributed by atoms with Crippen LogP contribution < -0.4 is 15.6 Å². The van der Waals surface area contributed by atoms with Gasteiger partial charge in [-0.3, -0.25) is 14.3 Å². The van der Waals surface area contributed by atoms with Crippen LogP contribution in [0.15, 0.2) is 64.5 Å². The van der Waals surface area contributed by atoms with E-state index in [0.29, 0.717) is 17.4 Å². The number of ether oxygens (including phenoxy) is 1. The van der Waals surface area contributed by atoms with Crippen LogP contribution in [-0.2, 0) is 18.4 Å². The Morgan fingerprint density at radius 3 is 2.44 bits per heavy atom. The van der Waals surface area contributed by atoms with Gasteiger partial charge in [-0.15, -0.1) is 10.2 Å². The molecule has 2 aromatic heterocycles. The minimum absolute atomic E-state index is 0.0971. The number of amides is 1. The van der Waals surface area contributed by atoms with Gasteiger partial charge in [-0.25, -0.2) is 4.68 Å². The molecule has 34 heavy (non-hydrogen) atoms. The molecule has 2 aromatic carbocycles. The van der Waals surface area contributed by atoms with Crippen LogP contribution in [0.1, 0.15) is 12.6 Å². The quantitative estimate of drug-likeness (QED) is 0.390. The summed E-state index contributed by atoms with van der Waals surface area (Å²) in [6, 6.07) is 16.9. The second-order valence-electron chi connectivity index (χ2n) is 7.55. The van der Waals surface area contributed by atoms with E-state index in [1.165, 1.54) is 16.4 Å². The number of carbonyl (C=O) groups excluding carboxylic acids is 1. The summed E-state index contributed by atoms with van der Waals surface area (Å²) in [6.45, 7) is 4.45. The molecule has 1 amide bonds. The number of anilines is 1. The van der Waals surface area contributed by atoms with Crippen LogP contribution in [0.2, 0.25) is 0 Å². The van der Waals surface area contributed by atoms with Crippen LogP contribution in [0.25, 0.3) is 17.1 Å². The molecule has 4 aromatic rings. The molecule has 0 saturated heterocycles. The van der Waals surface area contributed by atoms with Gasteiger partial charge in [-0.05, 0) is 50.2 Å². The third kappa shape index (κ3) is 4.49. The number of benzene rings is 2. The van der Waals surface area contributed by atoms with Crippen molar-refractivity contribution in [1.29, 1.82) is 0 Å². The Balaban J connectivity index is 1.49. The van der Waals surface area contributed by atoms with Crippen LogP contribution in [0, 0.1) is 6.92 Å². The van der Waals surface area contributed by atoms with E-state index in [9.17, 15) is 9.59 Å². The molecule has 0 radical (unpaired) electrons. The summed E-state index contributed by atoms with van der Waals surface area (Å²) in [5.74, 6) is 1.30. The number of aromatic nitrogens is 5. The molecule has 0 aliphatic carbocycles. The predicted octanol–water partition coefficient (Wildman–Crippen LogP) is 3.50. The van der Waals surface area contributed by atoms with E-state index in [1.807, 2.05) is 66.1 Å². The van der Waals surface area contributed by atoms with Gasteiger partial charge in [0.1, 0.15) is 11.4 Å². The summed E-state index contributed by atoms with van der Waals surface area (Å²) in [5, 5.41) is 12.0. The highest BCUT2D eigenvalue weighted by molar-refractivity contribution is 7.99. The Morgan fingerprint density at radius 1 is 1.09 bits per heavy atom. The number of thioether (sulfide) groups is 1. The fourth-order valence-corrected chi connectivity index (χ4v) is 4.45. The number of para-hydroxylation sites is 1. The first-order valence-corrected chi connectivity index (χ1v) is 11.8. The fourth-order valence-electron chi connectivity index (χ4n) is 3.65. The van der Waals surface area contributed by atoms with Crippen molar-refractivity contribution >= 4 is 23.4 Å². The molecule has 0 bridgehead atoms. The van der Waals surface area contributed by atoms with Gasteiger partial charge in [-0.2, -0.15) is 0 Å². The molecule has 9 nitrogen and oxygen atoms in total. The fraction of sp³-hybridized carbons (Fsp3) is 0.250. The molecule has 0 saturated carbocycles. The van der Waals surface area contributed by atoms with Crippen molar-refractivity contribution < 1.29 is 9.53 Å². The first-order chi connectivity index (χ1) is 16.4. The maximum atomic E-state index is 13.0. The average Bonchev–Trinajstić information content (AvgIpc) is 3.37. The van der Waals surface area contributed by atoms with Crippen LogP contribution >= 0.6 is 11.8 Å². The van der Waals surface area contributed by atoms with E-state index in [4.69, 9.17) is 4.74 Å². The lowest BCUT2D eigenvalue weighted by atomic mass is 10.2. The second-order valence-corrected chi connectivity index (χ2v) is 8.49. The summed E-state index contributed by atoms with van der Waals surface area (Å²) in [5.41, 5.74) is 2.31. The molecule has 2 heterocycles.